The van der Waals surface area contributed by atoms with E-state index < -0.39 is 0 Å². The minimum atomic E-state index is 0.150. The molecular weight excluding hydrogens is 146 g/mol. The lowest BCUT2D eigenvalue weighted by atomic mass is 10.2. The van der Waals surface area contributed by atoms with Gasteiger partial charge in [-0.05, 0) is 18.0 Å². The van der Waals surface area contributed by atoms with Crippen LogP contribution in [0.1, 0.15) is 16.1 Å². The van der Waals surface area contributed by atoms with Gasteiger partial charge >= 0.3 is 0 Å². The summed E-state index contributed by atoms with van der Waals surface area (Å²) in [7, 11) is 0. The zero-order chi connectivity index (χ0) is 7.40. The van der Waals surface area contributed by atoms with Crippen molar-refractivity contribution in [2.75, 3.05) is 6.54 Å². The first kappa shape index (κ1) is 7.44. The van der Waals surface area contributed by atoms with Crippen LogP contribution >= 0.6 is 11.3 Å². The van der Waals surface area contributed by atoms with Crippen molar-refractivity contribution in [3.63, 3.8) is 0 Å². The maximum atomic E-state index is 11.0. The van der Waals surface area contributed by atoms with Crippen LogP contribution in [0.25, 0.3) is 0 Å². The van der Waals surface area contributed by atoms with Crippen LogP contribution in [0.4, 0.5) is 0 Å². The second kappa shape index (κ2) is 3.49. The summed E-state index contributed by atoms with van der Waals surface area (Å²) in [4.78, 5) is 11.8. The first-order chi connectivity index (χ1) is 4.84. The smallest absolute Gasteiger partial charge is 0.174 e. The lowest BCUT2D eigenvalue weighted by Gasteiger charge is -1.90. The molecule has 0 aromatic carbocycles. The van der Waals surface area contributed by atoms with E-state index in [1.54, 1.807) is 0 Å². The molecule has 0 aliphatic carbocycles. The van der Waals surface area contributed by atoms with Gasteiger partial charge in [-0.25, -0.2) is 0 Å². The molecule has 0 spiro atoms. The van der Waals surface area contributed by atoms with Crippen molar-refractivity contribution >= 4 is 17.1 Å². The summed E-state index contributed by atoms with van der Waals surface area (Å²) in [6.07, 6.45) is 0.459. The highest BCUT2D eigenvalue weighted by molar-refractivity contribution is 7.12. The SMILES string of the molecule is NCCC(=O)c1cccs1. The van der Waals surface area contributed by atoms with E-state index in [1.165, 1.54) is 11.3 Å². The Hall–Kier alpha value is -0.670. The molecule has 0 saturated heterocycles. The molecule has 0 bridgehead atoms. The van der Waals surface area contributed by atoms with Crippen molar-refractivity contribution in [1.82, 2.24) is 0 Å². The number of carbonyl (C=O) groups is 1. The van der Waals surface area contributed by atoms with E-state index in [1.807, 2.05) is 17.5 Å². The summed E-state index contributed by atoms with van der Waals surface area (Å²) >= 11 is 1.47. The number of rotatable bonds is 3. The molecular formula is C7H9NOS. The van der Waals surface area contributed by atoms with Gasteiger partial charge in [-0.1, -0.05) is 6.07 Å². The Labute approximate surface area is 63.7 Å². The van der Waals surface area contributed by atoms with Crippen LogP contribution in [0.3, 0.4) is 0 Å². The summed E-state index contributed by atoms with van der Waals surface area (Å²) in [5.74, 6) is 0.150. The van der Waals surface area contributed by atoms with E-state index in [2.05, 4.69) is 0 Å². The van der Waals surface area contributed by atoms with Gasteiger partial charge in [0.15, 0.2) is 5.78 Å². The van der Waals surface area contributed by atoms with E-state index >= 15 is 0 Å². The van der Waals surface area contributed by atoms with Crippen molar-refractivity contribution in [3.8, 4) is 0 Å². The summed E-state index contributed by atoms with van der Waals surface area (Å²) in [6, 6.07) is 3.69. The molecule has 2 N–H and O–H groups in total. The molecule has 1 aromatic rings. The van der Waals surface area contributed by atoms with E-state index in [4.69, 9.17) is 5.73 Å². The van der Waals surface area contributed by atoms with E-state index in [9.17, 15) is 4.79 Å². The number of carbonyl (C=O) groups excluding carboxylic acids is 1. The van der Waals surface area contributed by atoms with E-state index in [0.29, 0.717) is 13.0 Å². The molecule has 10 heavy (non-hydrogen) atoms. The van der Waals surface area contributed by atoms with Crippen LogP contribution in [0.2, 0.25) is 0 Å². The largest absolute Gasteiger partial charge is 0.330 e. The zero-order valence-electron chi connectivity index (χ0n) is 5.54. The van der Waals surface area contributed by atoms with Crippen molar-refractivity contribution < 1.29 is 4.79 Å². The molecule has 0 saturated carbocycles. The van der Waals surface area contributed by atoms with Crippen LogP contribution in [0.15, 0.2) is 17.5 Å². The minimum Gasteiger partial charge on any atom is -0.330 e. The fraction of sp³-hybridized carbons (Fsp3) is 0.286. The molecule has 0 aliphatic rings. The molecule has 0 radical (unpaired) electrons. The Morgan fingerprint density at radius 1 is 1.70 bits per heavy atom. The molecule has 1 heterocycles. The predicted octanol–water partition coefficient (Wildman–Crippen LogP) is 1.28. The first-order valence-corrected chi connectivity index (χ1v) is 3.99. The third kappa shape index (κ3) is 1.65. The molecule has 0 unspecified atom stereocenters. The van der Waals surface area contributed by atoms with Crippen molar-refractivity contribution in [1.29, 1.82) is 0 Å². The third-order valence-electron chi connectivity index (χ3n) is 1.17. The average molecular weight is 155 g/mol. The Morgan fingerprint density at radius 3 is 3.00 bits per heavy atom. The molecule has 54 valence electrons. The highest BCUT2D eigenvalue weighted by Gasteiger charge is 2.03. The summed E-state index contributed by atoms with van der Waals surface area (Å²) in [6.45, 7) is 0.441. The topological polar surface area (TPSA) is 43.1 Å². The van der Waals surface area contributed by atoms with Crippen molar-refractivity contribution in [3.05, 3.63) is 22.4 Å². The summed E-state index contributed by atoms with van der Waals surface area (Å²) in [5, 5.41) is 1.89. The van der Waals surface area contributed by atoms with Crippen LogP contribution in [0, 0.1) is 0 Å². The maximum Gasteiger partial charge on any atom is 0.174 e. The van der Waals surface area contributed by atoms with Crippen LogP contribution < -0.4 is 5.73 Å². The van der Waals surface area contributed by atoms with Gasteiger partial charge in [0.2, 0.25) is 0 Å². The second-order valence-corrected chi connectivity index (χ2v) is 2.89. The second-order valence-electron chi connectivity index (χ2n) is 1.94. The number of thiophene rings is 1. The summed E-state index contributed by atoms with van der Waals surface area (Å²) in [5.41, 5.74) is 5.22. The Bertz CT molecular complexity index is 205. The lowest BCUT2D eigenvalue weighted by Crippen LogP contribution is -2.06. The lowest BCUT2D eigenvalue weighted by molar-refractivity contribution is 0.0989. The van der Waals surface area contributed by atoms with E-state index in [0.717, 1.165) is 4.88 Å². The molecule has 2 nitrogen and oxygen atoms in total. The standard InChI is InChI=1S/C7H9NOS/c8-4-3-6(9)7-2-1-5-10-7/h1-2,5H,3-4,8H2. The third-order valence-corrected chi connectivity index (χ3v) is 2.08. The van der Waals surface area contributed by atoms with E-state index in [-0.39, 0.29) is 5.78 Å². The molecule has 1 rings (SSSR count). The average Bonchev–Trinajstić information content (AvgIpc) is 2.38. The first-order valence-electron chi connectivity index (χ1n) is 3.11. The minimum absolute atomic E-state index is 0.150. The number of hydrogen-bond donors (Lipinski definition) is 1. The van der Waals surface area contributed by atoms with Gasteiger partial charge in [-0.2, -0.15) is 0 Å². The van der Waals surface area contributed by atoms with Crippen molar-refractivity contribution in [2.45, 2.75) is 6.42 Å². The molecule has 0 aliphatic heterocycles. The van der Waals surface area contributed by atoms with Gasteiger partial charge in [-0.15, -0.1) is 11.3 Å². The van der Waals surface area contributed by atoms with Gasteiger partial charge in [0.1, 0.15) is 0 Å². The monoisotopic (exact) mass is 155 g/mol. The quantitative estimate of drug-likeness (QED) is 0.668. The molecule has 3 heteroatoms. The molecule has 0 amide bonds. The fourth-order valence-electron chi connectivity index (χ4n) is 0.692. The number of ketones is 1. The van der Waals surface area contributed by atoms with Gasteiger partial charge in [0.05, 0.1) is 4.88 Å². The van der Waals surface area contributed by atoms with Gasteiger partial charge in [0.25, 0.3) is 0 Å². The fourth-order valence-corrected chi connectivity index (χ4v) is 1.39. The maximum absolute atomic E-state index is 11.0. The Kier molecular flexibility index (Phi) is 2.59. The normalized spacial score (nSPS) is 9.70. The van der Waals surface area contributed by atoms with Crippen molar-refractivity contribution in [2.24, 2.45) is 5.73 Å². The molecule has 0 atom stereocenters. The zero-order valence-corrected chi connectivity index (χ0v) is 6.36. The highest BCUT2D eigenvalue weighted by Crippen LogP contribution is 2.10. The predicted molar refractivity (Wildman–Crippen MR) is 42.3 cm³/mol. The highest BCUT2D eigenvalue weighted by atomic mass is 32.1. The number of Topliss-reactive ketones (excluding diaryl/α,β-unsaturated/α-hetero) is 1. The summed E-state index contributed by atoms with van der Waals surface area (Å²) < 4.78 is 0. The van der Waals surface area contributed by atoms with Gasteiger partial charge < -0.3 is 5.73 Å². The van der Waals surface area contributed by atoms with Crippen LogP contribution in [-0.2, 0) is 0 Å². The Balaban J connectivity index is 2.59. The molecule has 0 fully saturated rings. The van der Waals surface area contributed by atoms with Crippen LogP contribution in [-0.4, -0.2) is 12.3 Å². The van der Waals surface area contributed by atoms with Gasteiger partial charge in [0, 0.05) is 6.42 Å². The van der Waals surface area contributed by atoms with Gasteiger partial charge in [-0.3, -0.25) is 4.79 Å². The number of nitrogens with two attached hydrogens (primary N) is 1. The number of hydrogen-bond acceptors (Lipinski definition) is 3. The Morgan fingerprint density at radius 2 is 2.50 bits per heavy atom. The van der Waals surface area contributed by atoms with Crippen LogP contribution in [0.5, 0.6) is 0 Å². The molecule has 1 aromatic heterocycles.